The zero-order valence-electron chi connectivity index (χ0n) is 12.3. The van der Waals surface area contributed by atoms with Crippen LogP contribution in [0.4, 0.5) is 10.7 Å². The van der Waals surface area contributed by atoms with Crippen molar-refractivity contribution >= 4 is 27.8 Å². The first-order chi connectivity index (χ1) is 10.1. The zero-order valence-corrected chi connectivity index (χ0v) is 13.2. The molecule has 5 nitrogen and oxygen atoms in total. The lowest BCUT2D eigenvalue weighted by Crippen LogP contribution is -2.06. The number of rotatable bonds is 6. The number of nitrogen functional groups attached to an aromatic ring is 1. The van der Waals surface area contributed by atoms with Gasteiger partial charge in [0.05, 0.1) is 17.7 Å². The SMILES string of the molecule is CCC(=O)c1sc(NC(C)c2ccncc2)c(OC)c1N. The van der Waals surface area contributed by atoms with Gasteiger partial charge in [0.15, 0.2) is 11.5 Å². The molecule has 0 aliphatic carbocycles. The van der Waals surface area contributed by atoms with Crippen LogP contribution in [0.1, 0.15) is 41.5 Å². The summed E-state index contributed by atoms with van der Waals surface area (Å²) in [4.78, 5) is 16.5. The number of anilines is 2. The van der Waals surface area contributed by atoms with Gasteiger partial charge in [-0.25, -0.2) is 0 Å². The third-order valence-electron chi connectivity index (χ3n) is 3.23. The zero-order chi connectivity index (χ0) is 15.4. The highest BCUT2D eigenvalue weighted by atomic mass is 32.1. The predicted octanol–water partition coefficient (Wildman–Crippen LogP) is 3.50. The molecule has 0 fully saturated rings. The highest BCUT2D eigenvalue weighted by Crippen LogP contribution is 2.44. The number of nitrogens with two attached hydrogens (primary N) is 1. The van der Waals surface area contributed by atoms with Crippen LogP contribution in [0.15, 0.2) is 24.5 Å². The van der Waals surface area contributed by atoms with Gasteiger partial charge in [-0.1, -0.05) is 6.92 Å². The lowest BCUT2D eigenvalue weighted by molar-refractivity contribution is 0.0992. The molecule has 0 saturated heterocycles. The van der Waals surface area contributed by atoms with Crippen molar-refractivity contribution in [3.05, 3.63) is 35.0 Å². The molecule has 0 radical (unpaired) electrons. The first-order valence-corrected chi connectivity index (χ1v) is 7.56. The minimum Gasteiger partial charge on any atom is -0.492 e. The average Bonchev–Trinajstić information content (AvgIpc) is 2.83. The fourth-order valence-corrected chi connectivity index (χ4v) is 3.21. The van der Waals surface area contributed by atoms with E-state index in [1.165, 1.54) is 11.3 Å². The quantitative estimate of drug-likeness (QED) is 0.799. The second kappa shape index (κ2) is 6.58. The fraction of sp³-hybridized carbons (Fsp3) is 0.333. The molecule has 0 amide bonds. The van der Waals surface area contributed by atoms with Crippen LogP contribution in [0.25, 0.3) is 0 Å². The van der Waals surface area contributed by atoms with Crippen LogP contribution in [0.3, 0.4) is 0 Å². The monoisotopic (exact) mass is 305 g/mol. The number of carbonyl (C=O) groups is 1. The minimum absolute atomic E-state index is 0.0282. The molecule has 0 bridgehead atoms. The molecule has 0 saturated carbocycles. The topological polar surface area (TPSA) is 77.2 Å². The first-order valence-electron chi connectivity index (χ1n) is 6.74. The number of pyridine rings is 1. The molecule has 3 N–H and O–H groups in total. The molecule has 0 aliphatic heterocycles. The maximum absolute atomic E-state index is 11.9. The molecule has 21 heavy (non-hydrogen) atoms. The van der Waals surface area contributed by atoms with Crippen molar-refractivity contribution in [2.24, 2.45) is 0 Å². The molecule has 2 rings (SSSR count). The number of methoxy groups -OCH3 is 1. The second-order valence-electron chi connectivity index (χ2n) is 4.63. The van der Waals surface area contributed by atoms with Gasteiger partial charge in [0.2, 0.25) is 0 Å². The Labute approximate surface area is 128 Å². The Balaban J connectivity index is 2.29. The van der Waals surface area contributed by atoms with E-state index in [4.69, 9.17) is 10.5 Å². The van der Waals surface area contributed by atoms with Gasteiger partial charge in [0.1, 0.15) is 5.00 Å². The van der Waals surface area contributed by atoms with Gasteiger partial charge >= 0.3 is 0 Å². The van der Waals surface area contributed by atoms with E-state index in [1.54, 1.807) is 19.5 Å². The number of hydrogen-bond donors (Lipinski definition) is 2. The molecule has 0 aliphatic rings. The summed E-state index contributed by atoms with van der Waals surface area (Å²) in [5.41, 5.74) is 7.54. The van der Waals surface area contributed by atoms with Crippen molar-refractivity contribution in [1.82, 2.24) is 4.98 Å². The number of carbonyl (C=O) groups excluding carboxylic acids is 1. The van der Waals surface area contributed by atoms with Crippen molar-refractivity contribution in [3.63, 3.8) is 0 Å². The van der Waals surface area contributed by atoms with Gasteiger partial charge < -0.3 is 15.8 Å². The van der Waals surface area contributed by atoms with Crippen molar-refractivity contribution in [2.75, 3.05) is 18.2 Å². The lowest BCUT2D eigenvalue weighted by atomic mass is 10.1. The Morgan fingerprint density at radius 1 is 1.48 bits per heavy atom. The first kappa shape index (κ1) is 15.3. The summed E-state index contributed by atoms with van der Waals surface area (Å²) in [6.45, 7) is 3.85. The van der Waals surface area contributed by atoms with Gasteiger partial charge in [-0.15, -0.1) is 11.3 Å². The molecule has 2 aromatic heterocycles. The molecule has 2 aromatic rings. The molecule has 0 spiro atoms. The van der Waals surface area contributed by atoms with E-state index in [0.717, 1.165) is 10.6 Å². The average molecular weight is 305 g/mol. The highest BCUT2D eigenvalue weighted by Gasteiger charge is 2.22. The van der Waals surface area contributed by atoms with Gasteiger partial charge in [-0.3, -0.25) is 9.78 Å². The van der Waals surface area contributed by atoms with E-state index in [1.807, 2.05) is 26.0 Å². The van der Waals surface area contributed by atoms with E-state index in [-0.39, 0.29) is 11.8 Å². The number of ether oxygens (including phenoxy) is 1. The molecular weight excluding hydrogens is 286 g/mol. The largest absolute Gasteiger partial charge is 0.492 e. The standard InChI is InChI=1S/C15H19N3O2S/c1-4-11(19)14-12(16)13(20-3)15(21-14)18-9(2)10-5-7-17-8-6-10/h5-9,18H,4,16H2,1-3H3. The van der Waals surface area contributed by atoms with Crippen LogP contribution in [0.2, 0.25) is 0 Å². The van der Waals surface area contributed by atoms with Crippen LogP contribution in [-0.2, 0) is 0 Å². The van der Waals surface area contributed by atoms with Gasteiger partial charge in [-0.05, 0) is 24.6 Å². The summed E-state index contributed by atoms with van der Waals surface area (Å²) in [6, 6.07) is 3.95. The molecule has 112 valence electrons. The second-order valence-corrected chi connectivity index (χ2v) is 5.65. The van der Waals surface area contributed by atoms with E-state index in [2.05, 4.69) is 10.3 Å². The molecule has 1 unspecified atom stereocenters. The molecule has 2 heterocycles. The summed E-state index contributed by atoms with van der Waals surface area (Å²) < 4.78 is 5.35. The maximum Gasteiger partial charge on any atom is 0.176 e. The molecule has 1 atom stereocenters. The van der Waals surface area contributed by atoms with Gasteiger partial charge in [0.25, 0.3) is 0 Å². The number of thiophene rings is 1. The summed E-state index contributed by atoms with van der Waals surface area (Å²) in [6.07, 6.45) is 3.92. The number of Topliss-reactive ketones (excluding diaryl/α,β-unsaturated/α-hetero) is 1. The van der Waals surface area contributed by atoms with Gasteiger partial charge in [-0.2, -0.15) is 0 Å². The van der Waals surface area contributed by atoms with Crippen molar-refractivity contribution in [3.8, 4) is 5.75 Å². The summed E-state index contributed by atoms with van der Waals surface area (Å²) >= 11 is 1.34. The molecular formula is C15H19N3O2S. The smallest absolute Gasteiger partial charge is 0.176 e. The van der Waals surface area contributed by atoms with Crippen LogP contribution in [0.5, 0.6) is 5.75 Å². The number of hydrogen-bond acceptors (Lipinski definition) is 6. The predicted molar refractivity (Wildman–Crippen MR) is 86.2 cm³/mol. The van der Waals surface area contributed by atoms with E-state index >= 15 is 0 Å². The fourth-order valence-electron chi connectivity index (χ4n) is 2.03. The summed E-state index contributed by atoms with van der Waals surface area (Å²) in [7, 11) is 1.56. The highest BCUT2D eigenvalue weighted by molar-refractivity contribution is 7.19. The summed E-state index contributed by atoms with van der Waals surface area (Å²) in [5, 5.41) is 4.13. The number of aromatic nitrogens is 1. The Hall–Kier alpha value is -2.08. The Morgan fingerprint density at radius 2 is 2.14 bits per heavy atom. The van der Waals surface area contributed by atoms with Crippen LogP contribution in [-0.4, -0.2) is 17.9 Å². The Morgan fingerprint density at radius 3 is 2.71 bits per heavy atom. The summed E-state index contributed by atoms with van der Waals surface area (Å²) in [5.74, 6) is 0.568. The van der Waals surface area contributed by atoms with Crippen molar-refractivity contribution in [2.45, 2.75) is 26.3 Å². The number of ketones is 1. The van der Waals surface area contributed by atoms with Crippen LogP contribution < -0.4 is 15.8 Å². The Bertz CT molecular complexity index is 625. The van der Waals surface area contributed by atoms with E-state index in [0.29, 0.717) is 22.7 Å². The molecule has 6 heteroatoms. The third kappa shape index (κ3) is 3.16. The lowest BCUT2D eigenvalue weighted by Gasteiger charge is -2.15. The van der Waals surface area contributed by atoms with E-state index < -0.39 is 0 Å². The van der Waals surface area contributed by atoms with Crippen molar-refractivity contribution in [1.29, 1.82) is 0 Å². The van der Waals surface area contributed by atoms with Crippen molar-refractivity contribution < 1.29 is 9.53 Å². The van der Waals surface area contributed by atoms with Crippen LogP contribution >= 0.6 is 11.3 Å². The van der Waals surface area contributed by atoms with E-state index in [9.17, 15) is 4.79 Å². The normalized spacial score (nSPS) is 12.0. The minimum atomic E-state index is 0.0282. The van der Waals surface area contributed by atoms with Crippen LogP contribution in [0, 0.1) is 0 Å². The number of nitrogens with zero attached hydrogens (tertiary/aromatic N) is 1. The number of nitrogens with one attached hydrogen (secondary N) is 1. The maximum atomic E-state index is 11.9. The third-order valence-corrected chi connectivity index (χ3v) is 4.39. The molecule has 0 aromatic carbocycles. The Kier molecular flexibility index (Phi) is 4.80. The van der Waals surface area contributed by atoms with Gasteiger partial charge in [0, 0.05) is 24.9 Å².